The van der Waals surface area contributed by atoms with Crippen LogP contribution in [0.3, 0.4) is 0 Å². The Hall–Kier alpha value is -1.59. The number of nitrogens with zero attached hydrogens (tertiary/aromatic N) is 1. The van der Waals surface area contributed by atoms with Gasteiger partial charge >= 0.3 is 6.09 Å². The number of carbonyl (C=O) groups excluding carboxylic acids is 1. The highest BCUT2D eigenvalue weighted by Crippen LogP contribution is 2.16. The van der Waals surface area contributed by atoms with Gasteiger partial charge in [-0.2, -0.15) is 0 Å². The molecule has 0 aromatic heterocycles. The summed E-state index contributed by atoms with van der Waals surface area (Å²) in [7, 11) is 0. The third-order valence-electron chi connectivity index (χ3n) is 4.13. The zero-order valence-electron chi connectivity index (χ0n) is 15.8. The molecule has 0 aliphatic carbocycles. The van der Waals surface area contributed by atoms with Gasteiger partial charge in [0, 0.05) is 32.8 Å². The van der Waals surface area contributed by atoms with Crippen LogP contribution in [0.5, 0.6) is 0 Å². The lowest BCUT2D eigenvalue weighted by Gasteiger charge is -2.32. The average molecular weight is 348 g/mol. The molecule has 25 heavy (non-hydrogen) atoms. The Bertz CT molecular complexity index is 505. The number of benzene rings is 1. The van der Waals surface area contributed by atoms with Crippen molar-refractivity contribution < 1.29 is 14.3 Å². The zero-order chi connectivity index (χ0) is 18.1. The summed E-state index contributed by atoms with van der Waals surface area (Å²) < 4.78 is 11.1. The second-order valence-electron chi connectivity index (χ2n) is 7.61. The molecule has 1 aromatic rings. The molecule has 1 N–H and O–H groups in total. The first-order valence-corrected chi connectivity index (χ1v) is 9.27. The number of carbonyl (C=O) groups is 1. The number of likely N-dealkylation sites (tertiary alicyclic amines) is 1. The van der Waals surface area contributed by atoms with E-state index in [9.17, 15) is 4.79 Å². The van der Waals surface area contributed by atoms with Crippen LogP contribution in [0, 0.1) is 0 Å². The normalized spacial score (nSPS) is 16.6. The standard InChI is InChI=1S/C20H32N2O3/c1-20(2,3)25-19(23)21-12-7-15-24-18-10-13-22(14-11-18)16-17-8-5-4-6-9-17/h4-6,8-9,18H,7,10-16H2,1-3H3,(H,21,23). The van der Waals surface area contributed by atoms with E-state index < -0.39 is 5.60 Å². The van der Waals surface area contributed by atoms with Crippen LogP contribution in [0.25, 0.3) is 0 Å². The predicted molar refractivity (Wildman–Crippen MR) is 99.5 cm³/mol. The van der Waals surface area contributed by atoms with Crippen molar-refractivity contribution in [3.8, 4) is 0 Å². The number of hydrogen-bond donors (Lipinski definition) is 1. The first-order valence-electron chi connectivity index (χ1n) is 9.27. The number of piperidine rings is 1. The van der Waals surface area contributed by atoms with Gasteiger partial charge in [-0.25, -0.2) is 4.79 Å². The van der Waals surface area contributed by atoms with Gasteiger partial charge in [-0.3, -0.25) is 4.90 Å². The molecule has 0 spiro atoms. The molecule has 0 unspecified atom stereocenters. The molecular formula is C20H32N2O3. The van der Waals surface area contributed by atoms with E-state index in [1.54, 1.807) is 0 Å². The summed E-state index contributed by atoms with van der Waals surface area (Å²) in [5.74, 6) is 0. The molecule has 1 fully saturated rings. The van der Waals surface area contributed by atoms with Crippen LogP contribution < -0.4 is 5.32 Å². The fourth-order valence-electron chi connectivity index (χ4n) is 2.90. The van der Waals surface area contributed by atoms with Crippen LogP contribution in [0.4, 0.5) is 4.79 Å². The van der Waals surface area contributed by atoms with Crippen molar-refractivity contribution in [3.05, 3.63) is 35.9 Å². The molecule has 0 radical (unpaired) electrons. The Morgan fingerprint density at radius 3 is 2.52 bits per heavy atom. The second kappa shape index (κ2) is 9.78. The number of hydrogen-bond acceptors (Lipinski definition) is 4. The number of alkyl carbamates (subject to hydrolysis) is 1. The van der Waals surface area contributed by atoms with Gasteiger partial charge in [-0.1, -0.05) is 30.3 Å². The summed E-state index contributed by atoms with van der Waals surface area (Å²) in [4.78, 5) is 14.0. The minimum atomic E-state index is -0.450. The molecule has 0 bridgehead atoms. The van der Waals surface area contributed by atoms with E-state index in [0.29, 0.717) is 19.3 Å². The Balaban J connectivity index is 1.52. The predicted octanol–water partition coefficient (Wildman–Crippen LogP) is 3.58. The van der Waals surface area contributed by atoms with E-state index in [0.717, 1.165) is 38.9 Å². The number of ether oxygens (including phenoxy) is 2. The molecule has 5 nitrogen and oxygen atoms in total. The highest BCUT2D eigenvalue weighted by atomic mass is 16.6. The maximum atomic E-state index is 11.5. The smallest absolute Gasteiger partial charge is 0.407 e. The summed E-state index contributed by atoms with van der Waals surface area (Å²) in [5, 5.41) is 2.76. The van der Waals surface area contributed by atoms with E-state index in [1.165, 1.54) is 5.56 Å². The maximum Gasteiger partial charge on any atom is 0.407 e. The van der Waals surface area contributed by atoms with Crippen LogP contribution in [0.2, 0.25) is 0 Å². The lowest BCUT2D eigenvalue weighted by molar-refractivity contribution is 0.00464. The largest absolute Gasteiger partial charge is 0.444 e. The van der Waals surface area contributed by atoms with E-state index in [2.05, 4.69) is 40.5 Å². The average Bonchev–Trinajstić information content (AvgIpc) is 2.55. The van der Waals surface area contributed by atoms with Gasteiger partial charge in [0.2, 0.25) is 0 Å². The topological polar surface area (TPSA) is 50.8 Å². The number of nitrogens with one attached hydrogen (secondary N) is 1. The molecular weight excluding hydrogens is 316 g/mol. The molecule has 1 aliphatic rings. The van der Waals surface area contributed by atoms with Gasteiger partial charge in [0.25, 0.3) is 0 Å². The van der Waals surface area contributed by atoms with Gasteiger partial charge in [-0.15, -0.1) is 0 Å². The minimum absolute atomic E-state index is 0.341. The lowest BCUT2D eigenvalue weighted by Crippen LogP contribution is -2.37. The van der Waals surface area contributed by atoms with Crippen molar-refractivity contribution in [3.63, 3.8) is 0 Å². The quantitative estimate of drug-likeness (QED) is 0.765. The molecule has 0 saturated carbocycles. The van der Waals surface area contributed by atoms with E-state index in [4.69, 9.17) is 9.47 Å². The van der Waals surface area contributed by atoms with Gasteiger partial charge in [0.15, 0.2) is 0 Å². The van der Waals surface area contributed by atoms with E-state index >= 15 is 0 Å². The van der Waals surface area contributed by atoms with Crippen LogP contribution >= 0.6 is 0 Å². The fourth-order valence-corrected chi connectivity index (χ4v) is 2.90. The third-order valence-corrected chi connectivity index (χ3v) is 4.13. The summed E-state index contributed by atoms with van der Waals surface area (Å²) in [6.45, 7) is 10.0. The molecule has 1 aromatic carbocycles. The third kappa shape index (κ3) is 8.36. The van der Waals surface area contributed by atoms with Crippen molar-refractivity contribution in [1.82, 2.24) is 10.2 Å². The van der Waals surface area contributed by atoms with Gasteiger partial charge in [0.1, 0.15) is 5.60 Å². The Morgan fingerprint density at radius 2 is 1.88 bits per heavy atom. The van der Waals surface area contributed by atoms with Crippen molar-refractivity contribution in [2.45, 2.75) is 58.3 Å². The Labute approximate surface area is 151 Å². The summed E-state index contributed by atoms with van der Waals surface area (Å²) >= 11 is 0. The second-order valence-corrected chi connectivity index (χ2v) is 7.61. The molecule has 1 aliphatic heterocycles. The highest BCUT2D eigenvalue weighted by molar-refractivity contribution is 5.67. The zero-order valence-corrected chi connectivity index (χ0v) is 15.8. The fraction of sp³-hybridized carbons (Fsp3) is 0.650. The van der Waals surface area contributed by atoms with Crippen LogP contribution in [0.15, 0.2) is 30.3 Å². The maximum absolute atomic E-state index is 11.5. The summed E-state index contributed by atoms with van der Waals surface area (Å²) in [5.41, 5.74) is 0.920. The molecule has 2 rings (SSSR count). The minimum Gasteiger partial charge on any atom is -0.444 e. The summed E-state index contributed by atoms with van der Waals surface area (Å²) in [6.07, 6.45) is 2.94. The molecule has 140 valence electrons. The van der Waals surface area contributed by atoms with E-state index in [1.807, 2.05) is 20.8 Å². The summed E-state index contributed by atoms with van der Waals surface area (Å²) in [6, 6.07) is 10.6. The Morgan fingerprint density at radius 1 is 1.20 bits per heavy atom. The van der Waals surface area contributed by atoms with Crippen molar-refractivity contribution >= 4 is 6.09 Å². The monoisotopic (exact) mass is 348 g/mol. The SMILES string of the molecule is CC(C)(C)OC(=O)NCCCOC1CCN(Cc2ccccc2)CC1. The molecule has 1 heterocycles. The van der Waals surface area contributed by atoms with Crippen molar-refractivity contribution in [2.24, 2.45) is 0 Å². The number of rotatable bonds is 7. The van der Waals surface area contributed by atoms with Crippen molar-refractivity contribution in [1.29, 1.82) is 0 Å². The first kappa shape index (κ1) is 19.7. The molecule has 1 saturated heterocycles. The van der Waals surface area contributed by atoms with Crippen LogP contribution in [0.1, 0.15) is 45.6 Å². The first-order chi connectivity index (χ1) is 11.9. The lowest BCUT2D eigenvalue weighted by atomic mass is 10.1. The highest BCUT2D eigenvalue weighted by Gasteiger charge is 2.19. The van der Waals surface area contributed by atoms with E-state index in [-0.39, 0.29) is 6.09 Å². The van der Waals surface area contributed by atoms with Crippen LogP contribution in [-0.4, -0.2) is 48.9 Å². The van der Waals surface area contributed by atoms with Gasteiger partial charge in [-0.05, 0) is 45.6 Å². The number of amides is 1. The molecule has 1 amide bonds. The molecule has 0 atom stereocenters. The Kier molecular flexibility index (Phi) is 7.72. The molecule has 5 heteroatoms. The van der Waals surface area contributed by atoms with Gasteiger partial charge in [0.05, 0.1) is 6.10 Å². The van der Waals surface area contributed by atoms with Crippen LogP contribution in [-0.2, 0) is 16.0 Å². The van der Waals surface area contributed by atoms with Gasteiger partial charge < -0.3 is 14.8 Å². The van der Waals surface area contributed by atoms with Crippen molar-refractivity contribution in [2.75, 3.05) is 26.2 Å².